The maximum absolute atomic E-state index is 13.8. The predicted octanol–water partition coefficient (Wildman–Crippen LogP) is 4.45. The molecule has 0 N–H and O–H groups in total. The number of hydrogen-bond acceptors (Lipinski definition) is 4. The van der Waals surface area contributed by atoms with Crippen molar-refractivity contribution >= 4 is 5.91 Å². The highest BCUT2D eigenvalue weighted by Gasteiger charge is 2.46. The first-order valence-corrected chi connectivity index (χ1v) is 11.5. The number of pyridine rings is 2. The fourth-order valence-corrected chi connectivity index (χ4v) is 4.87. The van der Waals surface area contributed by atoms with Gasteiger partial charge in [-0.05, 0) is 73.7 Å². The van der Waals surface area contributed by atoms with E-state index in [-0.39, 0.29) is 5.91 Å². The Morgan fingerprint density at radius 3 is 2.47 bits per heavy atom. The fourth-order valence-electron chi connectivity index (χ4n) is 4.87. The van der Waals surface area contributed by atoms with E-state index in [0.717, 1.165) is 56.7 Å². The van der Waals surface area contributed by atoms with Crippen LogP contribution in [0.2, 0.25) is 0 Å². The van der Waals surface area contributed by atoms with E-state index in [1.54, 1.807) is 6.20 Å². The van der Waals surface area contributed by atoms with Crippen LogP contribution in [0.25, 0.3) is 11.1 Å². The van der Waals surface area contributed by atoms with Crippen molar-refractivity contribution in [3.8, 4) is 11.1 Å². The molecule has 0 bridgehead atoms. The maximum atomic E-state index is 13.8. The Balaban J connectivity index is 1.60. The molecule has 0 radical (unpaired) electrons. The van der Waals surface area contributed by atoms with Crippen molar-refractivity contribution in [3.63, 3.8) is 0 Å². The quantitative estimate of drug-likeness (QED) is 0.532. The largest absolute Gasteiger partial charge is 0.343 e. The van der Waals surface area contributed by atoms with Crippen LogP contribution in [0.4, 0.5) is 0 Å². The molecular formula is C27H32N4O. The minimum Gasteiger partial charge on any atom is -0.343 e. The molecule has 166 valence electrons. The first-order valence-electron chi connectivity index (χ1n) is 11.5. The summed E-state index contributed by atoms with van der Waals surface area (Å²) in [7, 11) is 0. The standard InChI is InChI=1S/C27H32N4O/c1-3-31(4-2)26(32)27(12-16-30(21-27)20-22-10-14-28-15-11-22)18-23-7-5-8-24(17-23)25-9-6-13-29-19-25/h5-11,13-15,17,19H,3-4,12,16,18,20-21H2,1-2H3. The summed E-state index contributed by atoms with van der Waals surface area (Å²) in [5.74, 6) is 0.284. The van der Waals surface area contributed by atoms with Gasteiger partial charge in [0.1, 0.15) is 0 Å². The molecule has 32 heavy (non-hydrogen) atoms. The van der Waals surface area contributed by atoms with Crippen LogP contribution in [0.1, 0.15) is 31.4 Å². The molecule has 1 unspecified atom stereocenters. The summed E-state index contributed by atoms with van der Waals surface area (Å²) in [6, 6.07) is 16.7. The van der Waals surface area contributed by atoms with E-state index in [9.17, 15) is 4.79 Å². The van der Waals surface area contributed by atoms with Crippen LogP contribution in [0.15, 0.2) is 73.3 Å². The smallest absolute Gasteiger partial charge is 0.230 e. The summed E-state index contributed by atoms with van der Waals surface area (Å²) in [4.78, 5) is 26.6. The van der Waals surface area contributed by atoms with Gasteiger partial charge in [0.05, 0.1) is 5.41 Å². The molecule has 1 fully saturated rings. The van der Waals surface area contributed by atoms with Gasteiger partial charge in [-0.1, -0.05) is 30.3 Å². The van der Waals surface area contributed by atoms with Gasteiger partial charge in [-0.2, -0.15) is 0 Å². The van der Waals surface area contributed by atoms with Crippen molar-refractivity contribution in [1.29, 1.82) is 0 Å². The molecule has 0 aliphatic carbocycles. The summed E-state index contributed by atoms with van der Waals surface area (Å²) in [6.07, 6.45) is 8.99. The lowest BCUT2D eigenvalue weighted by molar-refractivity contribution is -0.141. The highest BCUT2D eigenvalue weighted by Crippen LogP contribution is 2.37. The van der Waals surface area contributed by atoms with Gasteiger partial charge >= 0.3 is 0 Å². The highest BCUT2D eigenvalue weighted by atomic mass is 16.2. The zero-order valence-electron chi connectivity index (χ0n) is 19.1. The SMILES string of the molecule is CCN(CC)C(=O)C1(Cc2cccc(-c3cccnc3)c2)CCN(Cc2ccncc2)C1. The summed E-state index contributed by atoms with van der Waals surface area (Å²) in [5, 5.41) is 0. The number of amides is 1. The first-order chi connectivity index (χ1) is 15.6. The second kappa shape index (κ2) is 10.0. The van der Waals surface area contributed by atoms with Crippen molar-refractivity contribution in [2.45, 2.75) is 33.2 Å². The topological polar surface area (TPSA) is 49.3 Å². The molecule has 0 spiro atoms. The van der Waals surface area contributed by atoms with E-state index < -0.39 is 5.41 Å². The molecule has 1 amide bonds. The molecule has 5 nitrogen and oxygen atoms in total. The Morgan fingerprint density at radius 2 is 1.75 bits per heavy atom. The summed E-state index contributed by atoms with van der Waals surface area (Å²) < 4.78 is 0. The van der Waals surface area contributed by atoms with E-state index >= 15 is 0 Å². The number of nitrogens with zero attached hydrogens (tertiary/aromatic N) is 4. The first kappa shape index (κ1) is 22.2. The van der Waals surface area contributed by atoms with Crippen LogP contribution in [0, 0.1) is 5.41 Å². The summed E-state index contributed by atoms with van der Waals surface area (Å²) >= 11 is 0. The van der Waals surface area contributed by atoms with Gasteiger partial charge in [0.25, 0.3) is 0 Å². The lowest BCUT2D eigenvalue weighted by Crippen LogP contribution is -2.46. The Kier molecular flexibility index (Phi) is 6.96. The van der Waals surface area contributed by atoms with Crippen molar-refractivity contribution in [2.24, 2.45) is 5.41 Å². The average molecular weight is 429 g/mol. The zero-order chi connectivity index (χ0) is 22.4. The van der Waals surface area contributed by atoms with Gasteiger partial charge in [0, 0.05) is 51.0 Å². The maximum Gasteiger partial charge on any atom is 0.230 e. The number of rotatable bonds is 8. The lowest BCUT2D eigenvalue weighted by Gasteiger charge is -2.34. The van der Waals surface area contributed by atoms with Crippen LogP contribution in [0.3, 0.4) is 0 Å². The Labute approximate surface area is 191 Å². The number of carbonyl (C=O) groups excluding carboxylic acids is 1. The lowest BCUT2D eigenvalue weighted by atomic mass is 9.79. The molecule has 5 heteroatoms. The highest BCUT2D eigenvalue weighted by molar-refractivity contribution is 5.84. The number of likely N-dealkylation sites (tertiary alicyclic amines) is 1. The normalized spacial score (nSPS) is 18.6. The molecule has 1 aliphatic rings. The summed E-state index contributed by atoms with van der Waals surface area (Å²) in [6.45, 7) is 8.20. The van der Waals surface area contributed by atoms with Crippen molar-refractivity contribution in [3.05, 3.63) is 84.4 Å². The van der Waals surface area contributed by atoms with Crippen molar-refractivity contribution < 1.29 is 4.79 Å². The molecule has 3 aromatic rings. The number of aromatic nitrogens is 2. The van der Waals surface area contributed by atoms with Crippen LogP contribution in [-0.2, 0) is 17.8 Å². The van der Waals surface area contributed by atoms with E-state index in [1.165, 1.54) is 11.1 Å². The van der Waals surface area contributed by atoms with Crippen LogP contribution in [-0.4, -0.2) is 51.9 Å². The van der Waals surface area contributed by atoms with Gasteiger partial charge in [0.2, 0.25) is 5.91 Å². The average Bonchev–Trinajstić information content (AvgIpc) is 3.24. The van der Waals surface area contributed by atoms with Gasteiger partial charge < -0.3 is 4.90 Å². The second-order valence-corrected chi connectivity index (χ2v) is 8.69. The molecule has 3 heterocycles. The second-order valence-electron chi connectivity index (χ2n) is 8.69. The van der Waals surface area contributed by atoms with Crippen molar-refractivity contribution in [1.82, 2.24) is 19.8 Å². The Hall–Kier alpha value is -3.05. The predicted molar refractivity (Wildman–Crippen MR) is 128 cm³/mol. The van der Waals surface area contributed by atoms with Crippen molar-refractivity contribution in [2.75, 3.05) is 26.2 Å². The molecular weight excluding hydrogens is 396 g/mol. The molecule has 1 aromatic carbocycles. The minimum atomic E-state index is -0.396. The number of carbonyl (C=O) groups is 1. The minimum absolute atomic E-state index is 0.284. The monoisotopic (exact) mass is 428 g/mol. The molecule has 1 saturated heterocycles. The van der Waals surface area contributed by atoms with E-state index in [2.05, 4.69) is 71.2 Å². The van der Waals surface area contributed by atoms with Gasteiger partial charge in [0.15, 0.2) is 0 Å². The van der Waals surface area contributed by atoms with Crippen LogP contribution < -0.4 is 0 Å². The van der Waals surface area contributed by atoms with E-state index in [1.807, 2.05) is 29.6 Å². The zero-order valence-corrected chi connectivity index (χ0v) is 19.1. The third kappa shape index (κ3) is 4.89. The van der Waals surface area contributed by atoms with Gasteiger partial charge in [-0.3, -0.25) is 19.7 Å². The fraction of sp³-hybridized carbons (Fsp3) is 0.370. The number of benzene rings is 1. The van der Waals surface area contributed by atoms with Crippen LogP contribution >= 0.6 is 0 Å². The van der Waals surface area contributed by atoms with Crippen LogP contribution in [0.5, 0.6) is 0 Å². The number of hydrogen-bond donors (Lipinski definition) is 0. The van der Waals surface area contributed by atoms with E-state index in [4.69, 9.17) is 0 Å². The molecule has 1 atom stereocenters. The molecule has 4 rings (SSSR count). The Bertz CT molecular complexity index is 1020. The van der Waals surface area contributed by atoms with Gasteiger partial charge in [-0.25, -0.2) is 0 Å². The molecule has 2 aromatic heterocycles. The third-order valence-corrected chi connectivity index (χ3v) is 6.56. The van der Waals surface area contributed by atoms with Gasteiger partial charge in [-0.15, -0.1) is 0 Å². The molecule has 0 saturated carbocycles. The molecule has 1 aliphatic heterocycles. The third-order valence-electron chi connectivity index (χ3n) is 6.56. The Morgan fingerprint density at radius 1 is 0.969 bits per heavy atom. The van der Waals surface area contributed by atoms with E-state index in [0.29, 0.717) is 0 Å². The summed E-state index contributed by atoms with van der Waals surface area (Å²) in [5.41, 5.74) is 4.30.